The minimum Gasteiger partial charge on any atom is -0.347 e. The number of hydrogen-bond acceptors (Lipinski definition) is 7. The monoisotopic (exact) mass is 480 g/mol. The number of aryl methyl sites for hydroxylation is 2. The number of carbonyl (C=O) groups is 1. The lowest BCUT2D eigenvalue weighted by Gasteiger charge is -2.19. The number of carbonyl (C=O) groups excluding carboxylic acids is 1. The minimum absolute atomic E-state index is 0.0249. The average Bonchev–Trinajstić information content (AvgIpc) is 3.55. The Hall–Kier alpha value is -2.98. The number of fused-ring (bicyclic) bond motifs is 3. The van der Waals surface area contributed by atoms with Crippen LogP contribution in [0.5, 0.6) is 0 Å². The largest absolute Gasteiger partial charge is 0.347 e. The van der Waals surface area contributed by atoms with E-state index in [1.54, 1.807) is 34.1 Å². The van der Waals surface area contributed by atoms with Gasteiger partial charge in [0.2, 0.25) is 5.91 Å². The van der Waals surface area contributed by atoms with Crippen molar-refractivity contribution >= 4 is 39.2 Å². The van der Waals surface area contributed by atoms with Gasteiger partial charge in [-0.1, -0.05) is 30.3 Å². The van der Waals surface area contributed by atoms with Gasteiger partial charge in [-0.25, -0.2) is 9.97 Å². The molecule has 8 nitrogen and oxygen atoms in total. The zero-order valence-electron chi connectivity index (χ0n) is 18.0. The third-order valence-corrected chi connectivity index (χ3v) is 7.87. The van der Waals surface area contributed by atoms with E-state index in [2.05, 4.69) is 25.4 Å². The van der Waals surface area contributed by atoms with Crippen LogP contribution in [0.1, 0.15) is 40.7 Å². The molecule has 33 heavy (non-hydrogen) atoms. The van der Waals surface area contributed by atoms with Crippen LogP contribution in [-0.2, 0) is 29.9 Å². The molecule has 1 aliphatic carbocycles. The Bertz CT molecular complexity index is 1300. The molecule has 1 unspecified atom stereocenters. The highest BCUT2D eigenvalue weighted by Gasteiger charge is 2.21. The molecule has 1 aromatic carbocycles. The zero-order chi connectivity index (χ0) is 22.6. The second kappa shape index (κ2) is 9.88. The molecule has 2 N–H and O–H groups in total. The maximum absolute atomic E-state index is 12.6. The van der Waals surface area contributed by atoms with Crippen LogP contribution >= 0.6 is 23.1 Å². The van der Waals surface area contributed by atoms with Crippen LogP contribution < -0.4 is 10.9 Å². The molecule has 0 bridgehead atoms. The fraction of sp³-hybridized carbons (Fsp3) is 0.348. The van der Waals surface area contributed by atoms with Crippen LogP contribution in [0.25, 0.3) is 10.2 Å². The van der Waals surface area contributed by atoms with E-state index >= 15 is 0 Å². The normalized spacial score (nSPS) is 13.8. The minimum atomic E-state index is -0.188. The molecule has 1 amide bonds. The molecule has 3 heterocycles. The summed E-state index contributed by atoms with van der Waals surface area (Å²) in [7, 11) is 0. The molecule has 3 aromatic heterocycles. The van der Waals surface area contributed by atoms with Gasteiger partial charge in [0.1, 0.15) is 23.3 Å². The van der Waals surface area contributed by atoms with E-state index in [1.807, 2.05) is 30.3 Å². The lowest BCUT2D eigenvalue weighted by molar-refractivity contribution is -0.121. The van der Waals surface area contributed by atoms with Gasteiger partial charge < -0.3 is 10.3 Å². The summed E-state index contributed by atoms with van der Waals surface area (Å²) in [6.07, 6.45) is 6.66. The maximum Gasteiger partial charge on any atom is 0.259 e. The Morgan fingerprint density at radius 2 is 2.15 bits per heavy atom. The van der Waals surface area contributed by atoms with E-state index < -0.39 is 0 Å². The summed E-state index contributed by atoms with van der Waals surface area (Å²) in [4.78, 5) is 38.9. The average molecular weight is 481 g/mol. The first-order chi connectivity index (χ1) is 16.2. The Morgan fingerprint density at radius 3 is 2.97 bits per heavy atom. The van der Waals surface area contributed by atoms with Gasteiger partial charge in [-0.05, 0) is 30.4 Å². The van der Waals surface area contributed by atoms with Crippen molar-refractivity contribution in [2.45, 2.75) is 44.0 Å². The summed E-state index contributed by atoms with van der Waals surface area (Å²) in [6.45, 7) is 0.513. The number of amides is 1. The first-order valence-electron chi connectivity index (χ1n) is 11.0. The summed E-state index contributed by atoms with van der Waals surface area (Å²) in [6, 6.07) is 9.67. The van der Waals surface area contributed by atoms with E-state index in [4.69, 9.17) is 0 Å². The number of benzene rings is 1. The van der Waals surface area contributed by atoms with Crippen molar-refractivity contribution in [3.05, 3.63) is 75.2 Å². The summed E-state index contributed by atoms with van der Waals surface area (Å²) < 4.78 is 1.71. The molecule has 0 saturated heterocycles. The summed E-state index contributed by atoms with van der Waals surface area (Å²) >= 11 is 3.24. The third-order valence-electron chi connectivity index (χ3n) is 5.71. The second-order valence-electron chi connectivity index (χ2n) is 8.00. The summed E-state index contributed by atoms with van der Waals surface area (Å²) in [5.74, 6) is 1.86. The number of thiophene rings is 1. The Labute approximate surface area is 198 Å². The number of rotatable bonds is 9. The van der Waals surface area contributed by atoms with E-state index in [9.17, 15) is 9.59 Å². The maximum atomic E-state index is 12.6. The highest BCUT2D eigenvalue weighted by Crippen LogP contribution is 2.34. The highest BCUT2D eigenvalue weighted by molar-refractivity contribution is 7.98. The van der Waals surface area contributed by atoms with Gasteiger partial charge in [0.25, 0.3) is 5.56 Å². The van der Waals surface area contributed by atoms with Crippen molar-refractivity contribution in [3.63, 3.8) is 0 Å². The highest BCUT2D eigenvalue weighted by atomic mass is 32.2. The first-order valence-corrected chi connectivity index (χ1v) is 12.9. The first kappa shape index (κ1) is 21.8. The van der Waals surface area contributed by atoms with E-state index in [-0.39, 0.29) is 17.5 Å². The number of H-pyrrole nitrogens is 1. The van der Waals surface area contributed by atoms with Crippen LogP contribution in [0.4, 0.5) is 0 Å². The number of nitrogens with zero attached hydrogens (tertiary/aromatic N) is 4. The number of nitrogens with one attached hydrogen (secondary N) is 2. The Morgan fingerprint density at radius 1 is 1.27 bits per heavy atom. The van der Waals surface area contributed by atoms with Crippen LogP contribution in [-0.4, -0.2) is 36.4 Å². The van der Waals surface area contributed by atoms with Crippen molar-refractivity contribution in [2.75, 3.05) is 5.75 Å². The number of aromatic amines is 1. The van der Waals surface area contributed by atoms with Gasteiger partial charge in [-0.2, -0.15) is 16.9 Å². The van der Waals surface area contributed by atoms with Crippen LogP contribution in [0.15, 0.2) is 47.8 Å². The Balaban J connectivity index is 1.16. The van der Waals surface area contributed by atoms with Crippen LogP contribution in [0, 0.1) is 0 Å². The van der Waals surface area contributed by atoms with Gasteiger partial charge in [0, 0.05) is 17.1 Å². The molecule has 0 spiro atoms. The molecule has 1 aliphatic rings. The molecular weight excluding hydrogens is 456 g/mol. The number of aromatic nitrogens is 5. The number of thioether (sulfide) groups is 1. The van der Waals surface area contributed by atoms with Gasteiger partial charge in [0.05, 0.1) is 23.7 Å². The van der Waals surface area contributed by atoms with E-state index in [0.717, 1.165) is 35.0 Å². The fourth-order valence-electron chi connectivity index (χ4n) is 4.15. The molecule has 4 aromatic rings. The molecule has 5 rings (SSSR count). The molecule has 1 atom stereocenters. The van der Waals surface area contributed by atoms with E-state index in [1.165, 1.54) is 16.8 Å². The quantitative estimate of drug-likeness (QED) is 0.356. The predicted octanol–water partition coefficient (Wildman–Crippen LogP) is 3.25. The van der Waals surface area contributed by atoms with Crippen molar-refractivity contribution < 1.29 is 4.79 Å². The van der Waals surface area contributed by atoms with Crippen molar-refractivity contribution in [1.82, 2.24) is 30.0 Å². The molecule has 0 aliphatic heterocycles. The third kappa shape index (κ3) is 5.01. The zero-order valence-corrected chi connectivity index (χ0v) is 19.6. The van der Waals surface area contributed by atoms with Crippen molar-refractivity contribution in [2.24, 2.45) is 0 Å². The number of hydrogen-bond donors (Lipinski definition) is 2. The molecule has 170 valence electrons. The fourth-order valence-corrected chi connectivity index (χ4v) is 6.23. The summed E-state index contributed by atoms with van der Waals surface area (Å²) in [5.41, 5.74) is 2.18. The topological polar surface area (TPSA) is 106 Å². The van der Waals surface area contributed by atoms with Gasteiger partial charge in [-0.3, -0.25) is 14.3 Å². The molecule has 0 radical (unpaired) electrons. The van der Waals surface area contributed by atoms with Crippen LogP contribution in [0.2, 0.25) is 0 Å². The molecule has 0 saturated carbocycles. The van der Waals surface area contributed by atoms with Gasteiger partial charge in [-0.15, -0.1) is 11.3 Å². The smallest absolute Gasteiger partial charge is 0.259 e. The lowest BCUT2D eigenvalue weighted by Crippen LogP contribution is -2.31. The molecule has 0 fully saturated rings. The predicted molar refractivity (Wildman–Crippen MR) is 130 cm³/mol. The SMILES string of the molecule is O=C(CCSCc1nc2sc3c(c2c(=O)[nH]1)CCC3)NC(Cn1cncn1)c1ccccc1. The Kier molecular flexibility index (Phi) is 6.54. The second-order valence-corrected chi connectivity index (χ2v) is 10.2. The standard InChI is InChI=1S/C23H24N6O2S2/c30-20(26-17(11-29-14-24-13-25-29)15-5-2-1-3-6-15)9-10-32-12-19-27-22(31)21-16-7-4-8-18(16)33-23(21)28-19/h1-3,5-6,13-14,17H,4,7-12H2,(H,26,30)(H,27,28,31). The summed E-state index contributed by atoms with van der Waals surface area (Å²) in [5, 5.41) is 8.05. The van der Waals surface area contributed by atoms with Crippen molar-refractivity contribution in [1.29, 1.82) is 0 Å². The van der Waals surface area contributed by atoms with Crippen LogP contribution in [0.3, 0.4) is 0 Å². The van der Waals surface area contributed by atoms with E-state index in [0.29, 0.717) is 30.3 Å². The lowest BCUT2D eigenvalue weighted by atomic mass is 10.1. The van der Waals surface area contributed by atoms with Crippen molar-refractivity contribution in [3.8, 4) is 0 Å². The molecular formula is C23H24N6O2S2. The van der Waals surface area contributed by atoms with Gasteiger partial charge in [0.15, 0.2) is 0 Å². The molecule has 10 heteroatoms. The van der Waals surface area contributed by atoms with Gasteiger partial charge >= 0.3 is 0 Å².